The van der Waals surface area contributed by atoms with E-state index >= 15 is 0 Å². The SMILES string of the molecule is CCC1([C@@H]2CNC(=O)N2OCc2ccccc2)CC1. The minimum Gasteiger partial charge on any atom is -0.334 e. The van der Waals surface area contributed by atoms with Gasteiger partial charge in [-0.1, -0.05) is 37.3 Å². The number of hydrogen-bond acceptors (Lipinski definition) is 2. The van der Waals surface area contributed by atoms with E-state index in [1.807, 2.05) is 30.3 Å². The second-order valence-electron chi connectivity index (χ2n) is 5.50. The number of benzene rings is 1. The summed E-state index contributed by atoms with van der Waals surface area (Å²) in [6.45, 7) is 3.36. The predicted octanol–water partition coefficient (Wildman–Crippen LogP) is 2.70. The van der Waals surface area contributed by atoms with Crippen molar-refractivity contribution in [3.05, 3.63) is 35.9 Å². The van der Waals surface area contributed by atoms with Crippen molar-refractivity contribution in [2.75, 3.05) is 6.54 Å². The molecular weight excluding hydrogens is 240 g/mol. The van der Waals surface area contributed by atoms with Crippen molar-refractivity contribution in [1.82, 2.24) is 10.4 Å². The highest BCUT2D eigenvalue weighted by Crippen LogP contribution is 2.53. The molecule has 4 heteroatoms. The summed E-state index contributed by atoms with van der Waals surface area (Å²) >= 11 is 0. The van der Waals surface area contributed by atoms with Gasteiger partial charge in [-0.3, -0.25) is 4.84 Å². The van der Waals surface area contributed by atoms with Crippen molar-refractivity contribution in [1.29, 1.82) is 0 Å². The molecule has 1 aliphatic carbocycles. The normalized spacial score (nSPS) is 24.4. The summed E-state index contributed by atoms with van der Waals surface area (Å²) in [5.41, 5.74) is 1.37. The maximum absolute atomic E-state index is 11.9. The predicted molar refractivity (Wildman–Crippen MR) is 72.2 cm³/mol. The molecule has 19 heavy (non-hydrogen) atoms. The van der Waals surface area contributed by atoms with Gasteiger partial charge < -0.3 is 5.32 Å². The van der Waals surface area contributed by atoms with Crippen molar-refractivity contribution >= 4 is 6.03 Å². The zero-order valence-electron chi connectivity index (χ0n) is 11.3. The van der Waals surface area contributed by atoms with E-state index in [1.165, 1.54) is 12.8 Å². The Balaban J connectivity index is 1.66. The first-order chi connectivity index (χ1) is 9.25. The third-order valence-electron chi connectivity index (χ3n) is 4.45. The molecule has 2 fully saturated rings. The van der Waals surface area contributed by atoms with Gasteiger partial charge in [0.25, 0.3) is 0 Å². The fourth-order valence-corrected chi connectivity index (χ4v) is 2.90. The number of rotatable bonds is 5. The van der Waals surface area contributed by atoms with E-state index in [0.29, 0.717) is 13.2 Å². The van der Waals surface area contributed by atoms with Crippen LogP contribution in [0.15, 0.2) is 30.3 Å². The molecule has 1 aromatic rings. The van der Waals surface area contributed by atoms with Crippen LogP contribution in [0.25, 0.3) is 0 Å². The van der Waals surface area contributed by atoms with Gasteiger partial charge in [0.1, 0.15) is 6.61 Å². The van der Waals surface area contributed by atoms with E-state index in [1.54, 1.807) is 5.06 Å². The maximum atomic E-state index is 11.9. The molecule has 1 atom stereocenters. The molecule has 4 nitrogen and oxygen atoms in total. The first kappa shape index (κ1) is 12.5. The van der Waals surface area contributed by atoms with Crippen LogP contribution in [0.5, 0.6) is 0 Å². The molecule has 1 heterocycles. The van der Waals surface area contributed by atoms with Gasteiger partial charge >= 0.3 is 6.03 Å². The van der Waals surface area contributed by atoms with Gasteiger partial charge in [0.15, 0.2) is 0 Å². The molecule has 1 aromatic carbocycles. The highest BCUT2D eigenvalue weighted by molar-refractivity contribution is 5.76. The van der Waals surface area contributed by atoms with Gasteiger partial charge in [-0.2, -0.15) is 5.06 Å². The highest BCUT2D eigenvalue weighted by atomic mass is 16.7. The Morgan fingerprint density at radius 3 is 2.74 bits per heavy atom. The zero-order chi connectivity index (χ0) is 13.3. The Labute approximate surface area is 113 Å². The Kier molecular flexibility index (Phi) is 3.19. The average molecular weight is 260 g/mol. The van der Waals surface area contributed by atoms with Crippen LogP contribution in [0.4, 0.5) is 4.79 Å². The van der Waals surface area contributed by atoms with Crippen LogP contribution >= 0.6 is 0 Å². The molecule has 0 radical (unpaired) electrons. The number of hydroxylamine groups is 2. The molecule has 102 valence electrons. The lowest BCUT2D eigenvalue weighted by Gasteiger charge is -2.28. The topological polar surface area (TPSA) is 41.6 Å². The summed E-state index contributed by atoms with van der Waals surface area (Å²) < 4.78 is 0. The highest BCUT2D eigenvalue weighted by Gasteiger charge is 2.54. The van der Waals surface area contributed by atoms with Crippen LogP contribution in [-0.4, -0.2) is 23.7 Å². The number of carbonyl (C=O) groups excluding carboxylic acids is 1. The second kappa shape index (κ2) is 4.85. The van der Waals surface area contributed by atoms with Crippen LogP contribution in [-0.2, 0) is 11.4 Å². The molecule has 2 aliphatic rings. The van der Waals surface area contributed by atoms with Crippen molar-refractivity contribution in [3.8, 4) is 0 Å². The number of nitrogens with one attached hydrogen (secondary N) is 1. The summed E-state index contributed by atoms with van der Waals surface area (Å²) in [4.78, 5) is 17.6. The van der Waals surface area contributed by atoms with Crippen LogP contribution < -0.4 is 5.32 Å². The zero-order valence-corrected chi connectivity index (χ0v) is 11.3. The first-order valence-electron chi connectivity index (χ1n) is 6.99. The lowest BCUT2D eigenvalue weighted by Crippen LogP contribution is -2.40. The molecule has 0 aromatic heterocycles. The maximum Gasteiger partial charge on any atom is 0.341 e. The summed E-state index contributed by atoms with van der Waals surface area (Å²) in [6, 6.07) is 10.1. The first-order valence-corrected chi connectivity index (χ1v) is 6.99. The summed E-state index contributed by atoms with van der Waals surface area (Å²) in [5, 5.41) is 4.47. The molecule has 3 rings (SSSR count). The third-order valence-corrected chi connectivity index (χ3v) is 4.45. The van der Waals surface area contributed by atoms with Crippen molar-refractivity contribution in [3.63, 3.8) is 0 Å². The molecular formula is C15H20N2O2. The number of carbonyl (C=O) groups is 1. The summed E-state index contributed by atoms with van der Waals surface area (Å²) in [7, 11) is 0. The number of nitrogens with zero attached hydrogens (tertiary/aromatic N) is 1. The minimum absolute atomic E-state index is 0.0966. The Morgan fingerprint density at radius 2 is 2.11 bits per heavy atom. The van der Waals surface area contributed by atoms with E-state index in [0.717, 1.165) is 12.0 Å². The van der Waals surface area contributed by atoms with Gasteiger partial charge in [0.05, 0.1) is 6.04 Å². The lowest BCUT2D eigenvalue weighted by molar-refractivity contribution is -0.153. The van der Waals surface area contributed by atoms with Crippen molar-refractivity contribution in [2.24, 2.45) is 5.41 Å². The average Bonchev–Trinajstić information content (AvgIpc) is 3.16. The van der Waals surface area contributed by atoms with E-state index in [2.05, 4.69) is 12.2 Å². The Morgan fingerprint density at radius 1 is 1.37 bits per heavy atom. The van der Waals surface area contributed by atoms with Gasteiger partial charge in [0, 0.05) is 6.54 Å². The second-order valence-corrected chi connectivity index (χ2v) is 5.50. The minimum atomic E-state index is -0.0966. The summed E-state index contributed by atoms with van der Waals surface area (Å²) in [5.74, 6) is 0. The van der Waals surface area contributed by atoms with Crippen LogP contribution in [0, 0.1) is 5.41 Å². The largest absolute Gasteiger partial charge is 0.341 e. The van der Waals surface area contributed by atoms with Crippen molar-refractivity contribution in [2.45, 2.75) is 38.8 Å². The number of hydrogen-bond donors (Lipinski definition) is 1. The van der Waals surface area contributed by atoms with Crippen LogP contribution in [0.3, 0.4) is 0 Å². The summed E-state index contributed by atoms with van der Waals surface area (Å²) in [6.07, 6.45) is 3.51. The molecule has 1 aliphatic heterocycles. The standard InChI is InChI=1S/C15H20N2O2/c1-2-15(8-9-15)13-10-16-14(18)17(13)19-11-12-6-4-3-5-7-12/h3-7,13H,2,8-11H2,1H3,(H,16,18)/t13-/m0/s1. The molecule has 1 N–H and O–H groups in total. The van der Waals surface area contributed by atoms with Gasteiger partial charge in [-0.15, -0.1) is 0 Å². The van der Waals surface area contributed by atoms with E-state index in [-0.39, 0.29) is 17.5 Å². The lowest BCUT2D eigenvalue weighted by atomic mass is 9.94. The number of amides is 2. The van der Waals surface area contributed by atoms with E-state index in [4.69, 9.17) is 4.84 Å². The fraction of sp³-hybridized carbons (Fsp3) is 0.533. The Hall–Kier alpha value is -1.55. The molecule has 0 bridgehead atoms. The van der Waals surface area contributed by atoms with Gasteiger partial charge in [0.2, 0.25) is 0 Å². The molecule has 1 saturated heterocycles. The molecule has 0 spiro atoms. The molecule has 2 amide bonds. The third kappa shape index (κ3) is 2.32. The van der Waals surface area contributed by atoms with Crippen LogP contribution in [0.1, 0.15) is 31.7 Å². The quantitative estimate of drug-likeness (QED) is 0.884. The Bertz CT molecular complexity index is 456. The van der Waals surface area contributed by atoms with Crippen molar-refractivity contribution < 1.29 is 9.63 Å². The monoisotopic (exact) mass is 260 g/mol. The van der Waals surface area contributed by atoms with E-state index in [9.17, 15) is 4.79 Å². The fourth-order valence-electron chi connectivity index (χ4n) is 2.90. The molecule has 1 saturated carbocycles. The van der Waals surface area contributed by atoms with Gasteiger partial charge in [-0.05, 0) is 30.2 Å². The van der Waals surface area contributed by atoms with E-state index < -0.39 is 0 Å². The van der Waals surface area contributed by atoms with Gasteiger partial charge in [-0.25, -0.2) is 4.79 Å². The molecule has 0 unspecified atom stereocenters. The van der Waals surface area contributed by atoms with Crippen LogP contribution in [0.2, 0.25) is 0 Å². The number of urea groups is 1. The smallest absolute Gasteiger partial charge is 0.334 e.